The van der Waals surface area contributed by atoms with Gasteiger partial charge in [-0.2, -0.15) is 0 Å². The van der Waals surface area contributed by atoms with Gasteiger partial charge >= 0.3 is 0 Å². The average Bonchev–Trinajstić information content (AvgIpc) is 2.73. The summed E-state index contributed by atoms with van der Waals surface area (Å²) >= 11 is 0. The van der Waals surface area contributed by atoms with Crippen molar-refractivity contribution in [1.29, 1.82) is 0 Å². The molecule has 150 valence electrons. The number of aliphatic hydroxyl groups excluding tert-OH is 1. The standard InChI is InChI=1S/C20H19N3O5S/c24-13-12-21-18-11-10-16(23(25)26)14-19(18)22-29(27,28)20-9-5-4-8-17(20)15-6-2-1-3-7-15/h1-11,14,21-22,24H,12-13H2. The van der Waals surface area contributed by atoms with Crippen LogP contribution in [0, 0.1) is 10.1 Å². The first-order valence-corrected chi connectivity index (χ1v) is 10.2. The quantitative estimate of drug-likeness (QED) is 0.384. The van der Waals surface area contributed by atoms with Crippen molar-refractivity contribution in [3.8, 4) is 11.1 Å². The molecule has 3 aromatic rings. The van der Waals surface area contributed by atoms with Gasteiger partial charge in [-0.1, -0.05) is 48.5 Å². The fourth-order valence-corrected chi connectivity index (χ4v) is 4.13. The maximum atomic E-state index is 13.1. The predicted molar refractivity (Wildman–Crippen MR) is 111 cm³/mol. The fraction of sp³-hybridized carbons (Fsp3) is 0.100. The highest BCUT2D eigenvalue weighted by atomic mass is 32.2. The lowest BCUT2D eigenvalue weighted by Crippen LogP contribution is -2.16. The van der Waals surface area contributed by atoms with Crippen molar-refractivity contribution < 1.29 is 18.4 Å². The molecule has 0 bridgehead atoms. The summed E-state index contributed by atoms with van der Waals surface area (Å²) in [4.78, 5) is 10.6. The topological polar surface area (TPSA) is 122 Å². The molecule has 0 unspecified atom stereocenters. The Kier molecular flexibility index (Phi) is 6.10. The van der Waals surface area contributed by atoms with Crippen molar-refractivity contribution in [2.45, 2.75) is 4.90 Å². The van der Waals surface area contributed by atoms with Crippen LogP contribution in [0.15, 0.2) is 77.7 Å². The molecule has 0 aliphatic heterocycles. The van der Waals surface area contributed by atoms with Crippen LogP contribution in [0.2, 0.25) is 0 Å². The number of nitro benzene ring substituents is 1. The zero-order valence-electron chi connectivity index (χ0n) is 15.3. The minimum absolute atomic E-state index is 0.0236. The summed E-state index contributed by atoms with van der Waals surface area (Å²) in [5.41, 5.74) is 1.33. The van der Waals surface area contributed by atoms with Gasteiger partial charge < -0.3 is 10.4 Å². The second-order valence-electron chi connectivity index (χ2n) is 6.11. The average molecular weight is 413 g/mol. The molecule has 0 saturated heterocycles. The SMILES string of the molecule is O=[N+]([O-])c1ccc(NCCO)c(NS(=O)(=O)c2ccccc2-c2ccccc2)c1. The monoisotopic (exact) mass is 413 g/mol. The van der Waals surface area contributed by atoms with Crippen LogP contribution in [0.25, 0.3) is 11.1 Å². The molecule has 0 radical (unpaired) electrons. The number of hydrogen-bond donors (Lipinski definition) is 3. The van der Waals surface area contributed by atoms with Crippen molar-refractivity contribution in [3.63, 3.8) is 0 Å². The first kappa shape index (κ1) is 20.3. The third-order valence-electron chi connectivity index (χ3n) is 4.15. The summed E-state index contributed by atoms with van der Waals surface area (Å²) in [5.74, 6) is 0. The van der Waals surface area contributed by atoms with Crippen molar-refractivity contribution in [2.75, 3.05) is 23.2 Å². The Labute approximate surface area is 168 Å². The molecule has 0 amide bonds. The number of rotatable bonds is 8. The van der Waals surface area contributed by atoms with Crippen LogP contribution >= 0.6 is 0 Å². The molecule has 3 aromatic carbocycles. The van der Waals surface area contributed by atoms with Gasteiger partial charge in [0.05, 0.1) is 27.8 Å². The molecule has 9 heteroatoms. The fourth-order valence-electron chi connectivity index (χ4n) is 2.83. The Hall–Kier alpha value is -3.43. The number of sulfonamides is 1. The lowest BCUT2D eigenvalue weighted by Gasteiger charge is -2.16. The number of benzene rings is 3. The van der Waals surface area contributed by atoms with Gasteiger partial charge in [-0.25, -0.2) is 8.42 Å². The van der Waals surface area contributed by atoms with E-state index in [4.69, 9.17) is 5.11 Å². The molecule has 0 aliphatic carbocycles. The molecule has 0 atom stereocenters. The van der Waals surface area contributed by atoms with E-state index in [-0.39, 0.29) is 29.4 Å². The van der Waals surface area contributed by atoms with Gasteiger partial charge in [0.15, 0.2) is 0 Å². The van der Waals surface area contributed by atoms with E-state index in [0.29, 0.717) is 11.3 Å². The molecule has 0 fully saturated rings. The Bertz CT molecular complexity index is 1120. The number of hydrogen-bond acceptors (Lipinski definition) is 6. The van der Waals surface area contributed by atoms with Gasteiger partial charge in [0.1, 0.15) is 0 Å². The normalized spacial score (nSPS) is 11.1. The molecular weight excluding hydrogens is 394 g/mol. The van der Waals surface area contributed by atoms with E-state index < -0.39 is 14.9 Å². The summed E-state index contributed by atoms with van der Waals surface area (Å²) in [6, 6.07) is 19.4. The van der Waals surface area contributed by atoms with Crippen LogP contribution in [0.4, 0.5) is 17.1 Å². The van der Waals surface area contributed by atoms with Crippen LogP contribution in [0.1, 0.15) is 0 Å². The van der Waals surface area contributed by atoms with Crippen molar-refractivity contribution >= 4 is 27.1 Å². The Morgan fingerprint density at radius 3 is 2.31 bits per heavy atom. The van der Waals surface area contributed by atoms with Crippen molar-refractivity contribution in [1.82, 2.24) is 0 Å². The highest BCUT2D eigenvalue weighted by molar-refractivity contribution is 7.92. The maximum absolute atomic E-state index is 13.1. The molecule has 0 heterocycles. The van der Waals surface area contributed by atoms with Crippen molar-refractivity contribution in [3.05, 3.63) is 82.9 Å². The number of anilines is 2. The number of nitro groups is 1. The van der Waals surface area contributed by atoms with E-state index in [0.717, 1.165) is 11.6 Å². The smallest absolute Gasteiger partial charge is 0.271 e. The molecule has 0 aromatic heterocycles. The predicted octanol–water partition coefficient (Wildman–Crippen LogP) is 3.47. The van der Waals surface area contributed by atoms with E-state index in [2.05, 4.69) is 10.0 Å². The van der Waals surface area contributed by atoms with Gasteiger partial charge in [0.25, 0.3) is 15.7 Å². The molecule has 0 saturated carbocycles. The van der Waals surface area contributed by atoms with E-state index in [1.807, 2.05) is 18.2 Å². The first-order chi connectivity index (χ1) is 13.9. The third kappa shape index (κ3) is 4.71. The van der Waals surface area contributed by atoms with Gasteiger partial charge in [-0.3, -0.25) is 14.8 Å². The highest BCUT2D eigenvalue weighted by Gasteiger charge is 2.22. The molecule has 3 rings (SSSR count). The van der Waals surface area contributed by atoms with Gasteiger partial charge in [-0.15, -0.1) is 0 Å². The summed E-state index contributed by atoms with van der Waals surface area (Å²) < 4.78 is 28.7. The minimum Gasteiger partial charge on any atom is -0.395 e. The van der Waals surface area contributed by atoms with E-state index in [1.54, 1.807) is 30.3 Å². The third-order valence-corrected chi connectivity index (χ3v) is 5.57. The van der Waals surface area contributed by atoms with Crippen LogP contribution in [0.5, 0.6) is 0 Å². The minimum atomic E-state index is -4.06. The van der Waals surface area contributed by atoms with E-state index in [1.165, 1.54) is 18.2 Å². The summed E-state index contributed by atoms with van der Waals surface area (Å²) in [6.45, 7) is -0.0207. The second kappa shape index (κ2) is 8.72. The van der Waals surface area contributed by atoms with E-state index in [9.17, 15) is 18.5 Å². The molecule has 0 spiro atoms. The second-order valence-corrected chi connectivity index (χ2v) is 7.76. The Morgan fingerprint density at radius 2 is 1.62 bits per heavy atom. The molecule has 8 nitrogen and oxygen atoms in total. The van der Waals surface area contributed by atoms with Crippen LogP contribution in [-0.2, 0) is 10.0 Å². The van der Waals surface area contributed by atoms with Crippen LogP contribution in [0.3, 0.4) is 0 Å². The number of non-ortho nitro benzene ring substituents is 1. The van der Waals surface area contributed by atoms with Crippen LogP contribution < -0.4 is 10.0 Å². The van der Waals surface area contributed by atoms with Crippen molar-refractivity contribution in [2.24, 2.45) is 0 Å². The highest BCUT2D eigenvalue weighted by Crippen LogP contribution is 2.32. The zero-order valence-corrected chi connectivity index (χ0v) is 16.1. The number of aliphatic hydroxyl groups is 1. The summed E-state index contributed by atoms with van der Waals surface area (Å²) in [7, 11) is -4.06. The number of nitrogens with one attached hydrogen (secondary N) is 2. The number of nitrogens with zero attached hydrogens (tertiary/aromatic N) is 1. The largest absolute Gasteiger partial charge is 0.395 e. The van der Waals surface area contributed by atoms with Gasteiger partial charge in [-0.05, 0) is 17.7 Å². The van der Waals surface area contributed by atoms with E-state index >= 15 is 0 Å². The lowest BCUT2D eigenvalue weighted by atomic mass is 10.1. The maximum Gasteiger partial charge on any atom is 0.271 e. The van der Waals surface area contributed by atoms with Gasteiger partial charge in [0.2, 0.25) is 0 Å². The zero-order chi connectivity index (χ0) is 20.9. The lowest BCUT2D eigenvalue weighted by molar-refractivity contribution is -0.384. The van der Waals surface area contributed by atoms with Crippen LogP contribution in [-0.4, -0.2) is 31.6 Å². The molecule has 0 aliphatic rings. The first-order valence-electron chi connectivity index (χ1n) is 8.73. The summed E-state index contributed by atoms with van der Waals surface area (Å²) in [5, 5.41) is 23.0. The molecule has 29 heavy (non-hydrogen) atoms. The Morgan fingerprint density at radius 1 is 0.931 bits per heavy atom. The summed E-state index contributed by atoms with van der Waals surface area (Å²) in [6.07, 6.45) is 0. The van der Waals surface area contributed by atoms with Gasteiger partial charge in [0, 0.05) is 24.2 Å². The Balaban J connectivity index is 2.05. The molecule has 3 N–H and O–H groups in total. The molecular formula is C20H19N3O5S.